The van der Waals surface area contributed by atoms with Crippen LogP contribution < -0.4 is 5.32 Å². The molecule has 3 N–H and O–H groups in total. The molecule has 0 radical (unpaired) electrons. The number of hydrogen-bond acceptors (Lipinski definition) is 11. The topological polar surface area (TPSA) is 168 Å². The number of aromatic nitrogens is 1. The molecule has 2 aromatic carbocycles. The maximum Gasteiger partial charge on any atom is 0.338 e. The van der Waals surface area contributed by atoms with Crippen LogP contribution in [0.4, 0.5) is 4.39 Å². The summed E-state index contributed by atoms with van der Waals surface area (Å²) >= 11 is 7.67. The number of carboxylic acid groups (broad SMARTS) is 1. The Labute approximate surface area is 255 Å². The van der Waals surface area contributed by atoms with Crippen molar-refractivity contribution in [3.05, 3.63) is 92.8 Å². The Bertz CT molecular complexity index is 1640. The number of thiazole rings is 1. The first kappa shape index (κ1) is 32.2. The summed E-state index contributed by atoms with van der Waals surface area (Å²) in [6.45, 7) is 0.814. The van der Waals surface area contributed by atoms with Crippen molar-refractivity contribution in [2.24, 2.45) is 4.99 Å². The lowest BCUT2D eigenvalue weighted by atomic mass is 9.95. The number of aliphatic imine (C=N–C) groups is 1. The summed E-state index contributed by atoms with van der Waals surface area (Å²) in [7, 11) is -2.76. The van der Waals surface area contributed by atoms with Crippen LogP contribution >= 0.6 is 22.9 Å². The number of amidine groups is 1. The number of nitrogens with zero attached hydrogens (tertiary/aromatic N) is 3. The van der Waals surface area contributed by atoms with Gasteiger partial charge >= 0.3 is 11.9 Å². The summed E-state index contributed by atoms with van der Waals surface area (Å²) in [5.41, 5.74) is 0.964. The quantitative estimate of drug-likeness (QED) is 0.253. The molecule has 2 atom stereocenters. The first-order chi connectivity index (χ1) is 20.5. The number of halogens is 2. The highest BCUT2D eigenvalue weighted by atomic mass is 35.5. The zero-order valence-electron chi connectivity index (χ0n) is 22.5. The second-order valence-electron chi connectivity index (χ2n) is 9.08. The van der Waals surface area contributed by atoms with Crippen molar-refractivity contribution in [3.8, 4) is 0 Å². The normalized spacial score (nSPS) is 19.0. The first-order valence-corrected chi connectivity index (χ1v) is 15.3. The predicted molar refractivity (Wildman–Crippen MR) is 155 cm³/mol. The summed E-state index contributed by atoms with van der Waals surface area (Å²) in [6, 6.07) is 9.47. The van der Waals surface area contributed by atoms with Crippen molar-refractivity contribution in [2.45, 2.75) is 17.0 Å². The molecule has 3 heterocycles. The number of esters is 1. The van der Waals surface area contributed by atoms with Gasteiger partial charge in [-0.25, -0.2) is 14.2 Å². The molecule has 1 aromatic heterocycles. The number of ether oxygens (including phenoxy) is 2. The molecule has 2 aliphatic heterocycles. The summed E-state index contributed by atoms with van der Waals surface area (Å²) in [5.74, 6) is -1.83. The average Bonchev–Trinajstić information content (AvgIpc) is 3.52. The van der Waals surface area contributed by atoms with Gasteiger partial charge in [-0.05, 0) is 24.3 Å². The third-order valence-electron chi connectivity index (χ3n) is 6.35. The van der Waals surface area contributed by atoms with Gasteiger partial charge in [0.15, 0.2) is 10.8 Å². The highest BCUT2D eigenvalue weighted by Gasteiger charge is 2.37. The van der Waals surface area contributed by atoms with Crippen molar-refractivity contribution in [1.29, 1.82) is 0 Å². The third kappa shape index (κ3) is 8.01. The van der Waals surface area contributed by atoms with Crippen LogP contribution in [-0.2, 0) is 29.2 Å². The van der Waals surface area contributed by atoms with E-state index in [1.807, 2.05) is 0 Å². The summed E-state index contributed by atoms with van der Waals surface area (Å²) in [6.07, 6.45) is 1.62. The number of carboxylic acids is 1. The highest BCUT2D eigenvalue weighted by Crippen LogP contribution is 2.37. The zero-order valence-corrected chi connectivity index (χ0v) is 24.9. The summed E-state index contributed by atoms with van der Waals surface area (Å²) in [5, 5.41) is 15.2. The molecule has 0 aliphatic carbocycles. The first-order valence-electron chi connectivity index (χ1n) is 12.6. The molecule has 43 heavy (non-hydrogen) atoms. The van der Waals surface area contributed by atoms with Gasteiger partial charge in [-0.15, -0.1) is 11.3 Å². The SMILES string of the molecule is COC(=O)C1=C(CN2CCOC[C@H]2C(=O)O)NC(c2nccs2)=N[C@H]1c1ccc(F)cc1Cl.O=S(=O)(O)c1ccccc1. The van der Waals surface area contributed by atoms with Crippen molar-refractivity contribution in [3.63, 3.8) is 0 Å². The van der Waals surface area contributed by atoms with E-state index >= 15 is 0 Å². The fourth-order valence-electron chi connectivity index (χ4n) is 4.32. The minimum absolute atomic E-state index is 0.0246. The Balaban J connectivity index is 0.000000359. The number of nitrogens with one attached hydrogen (secondary N) is 1. The standard InChI is InChI=1S/C21H20ClFN4O5S.C6H6O3S/c1-31-21(30)16-14(9-27-5-6-32-10-15(27)20(28)29)25-18(19-24-4-7-33-19)26-17(16)12-3-2-11(23)8-13(12)22;7-10(8,9)6-4-2-1-3-5-6/h2-4,7-8,15,17H,5-6,9-10H2,1H3,(H,25,26)(H,28,29);1-5H,(H,7,8,9)/t15-,17-;/m0./s1. The minimum atomic E-state index is -4.00. The monoisotopic (exact) mass is 652 g/mol. The smallest absolute Gasteiger partial charge is 0.338 e. The second kappa shape index (κ2) is 14.2. The molecular weight excluding hydrogens is 627 g/mol. The van der Waals surface area contributed by atoms with Gasteiger partial charge in [0.25, 0.3) is 10.1 Å². The van der Waals surface area contributed by atoms with E-state index in [0.29, 0.717) is 35.3 Å². The van der Waals surface area contributed by atoms with Crippen molar-refractivity contribution >= 4 is 50.8 Å². The average molecular weight is 653 g/mol. The molecule has 3 aromatic rings. The highest BCUT2D eigenvalue weighted by molar-refractivity contribution is 7.85. The summed E-state index contributed by atoms with van der Waals surface area (Å²) in [4.78, 5) is 35.2. The maximum absolute atomic E-state index is 13.7. The van der Waals surface area contributed by atoms with E-state index in [-0.39, 0.29) is 28.6 Å². The number of morpholine rings is 1. The van der Waals surface area contributed by atoms with Crippen LogP contribution in [-0.4, -0.2) is 85.2 Å². The van der Waals surface area contributed by atoms with Crippen LogP contribution in [0.15, 0.2) is 81.3 Å². The van der Waals surface area contributed by atoms with Gasteiger partial charge in [-0.1, -0.05) is 35.9 Å². The molecule has 16 heteroatoms. The molecule has 0 saturated carbocycles. The Morgan fingerprint density at radius 1 is 1.26 bits per heavy atom. The van der Waals surface area contributed by atoms with Crippen LogP contribution in [0.2, 0.25) is 5.02 Å². The number of carbonyl (C=O) groups is 2. The van der Waals surface area contributed by atoms with E-state index in [4.69, 9.17) is 25.6 Å². The predicted octanol–water partition coefficient (Wildman–Crippen LogP) is 3.17. The van der Waals surface area contributed by atoms with Gasteiger partial charge in [0, 0.05) is 40.9 Å². The van der Waals surface area contributed by atoms with E-state index in [9.17, 15) is 27.5 Å². The third-order valence-corrected chi connectivity index (χ3v) is 8.33. The maximum atomic E-state index is 13.7. The Kier molecular flexibility index (Phi) is 10.6. The lowest BCUT2D eigenvalue weighted by Gasteiger charge is -2.35. The van der Waals surface area contributed by atoms with E-state index in [1.54, 1.807) is 34.7 Å². The molecule has 1 fully saturated rings. The molecular formula is C27H26ClFN4O8S2. The fourth-order valence-corrected chi connectivity index (χ4v) is 5.68. The molecule has 1 saturated heterocycles. The molecule has 0 amide bonds. The van der Waals surface area contributed by atoms with Crippen LogP contribution in [0.3, 0.4) is 0 Å². The van der Waals surface area contributed by atoms with Crippen LogP contribution in [0, 0.1) is 5.82 Å². The second-order valence-corrected chi connectivity index (χ2v) is 11.8. The van der Waals surface area contributed by atoms with Gasteiger partial charge < -0.3 is 19.9 Å². The summed E-state index contributed by atoms with van der Waals surface area (Å²) < 4.78 is 53.3. The molecule has 0 bridgehead atoms. The fraction of sp³-hybridized carbons (Fsp3) is 0.259. The van der Waals surface area contributed by atoms with E-state index in [0.717, 1.165) is 6.07 Å². The number of methoxy groups -OCH3 is 1. The van der Waals surface area contributed by atoms with Gasteiger partial charge in [0.2, 0.25) is 0 Å². The molecule has 0 unspecified atom stereocenters. The molecule has 12 nitrogen and oxygen atoms in total. The number of aliphatic carboxylic acids is 1. The Hall–Kier alpha value is -3.73. The van der Waals surface area contributed by atoms with Gasteiger partial charge in [-0.3, -0.25) is 19.2 Å². The van der Waals surface area contributed by atoms with Crippen LogP contribution in [0.25, 0.3) is 0 Å². The Morgan fingerprint density at radius 3 is 2.58 bits per heavy atom. The molecule has 5 rings (SSSR count). The molecule has 0 spiro atoms. The number of benzene rings is 2. The van der Waals surface area contributed by atoms with Crippen molar-refractivity contribution in [1.82, 2.24) is 15.2 Å². The van der Waals surface area contributed by atoms with Gasteiger partial charge in [0.1, 0.15) is 17.9 Å². The lowest BCUT2D eigenvalue weighted by molar-refractivity contribution is -0.149. The van der Waals surface area contributed by atoms with E-state index in [2.05, 4.69) is 15.3 Å². The van der Waals surface area contributed by atoms with Crippen LogP contribution in [0.1, 0.15) is 16.6 Å². The van der Waals surface area contributed by atoms with Crippen LogP contribution in [0.5, 0.6) is 0 Å². The molecule has 2 aliphatic rings. The lowest BCUT2D eigenvalue weighted by Crippen LogP contribution is -2.52. The number of rotatable bonds is 7. The zero-order chi connectivity index (χ0) is 31.1. The molecule has 228 valence electrons. The van der Waals surface area contributed by atoms with Crippen molar-refractivity contribution < 1.29 is 41.5 Å². The largest absolute Gasteiger partial charge is 0.480 e. The van der Waals surface area contributed by atoms with Gasteiger partial charge in [-0.2, -0.15) is 8.42 Å². The Morgan fingerprint density at radius 2 is 2.00 bits per heavy atom. The van der Waals surface area contributed by atoms with Crippen molar-refractivity contribution in [2.75, 3.05) is 33.4 Å². The minimum Gasteiger partial charge on any atom is -0.480 e. The number of hydrogen-bond donors (Lipinski definition) is 3. The van der Waals surface area contributed by atoms with E-state index in [1.165, 1.54) is 42.7 Å². The van der Waals surface area contributed by atoms with E-state index < -0.39 is 40.0 Å². The van der Waals surface area contributed by atoms with Gasteiger partial charge in [0.05, 0.1) is 30.8 Å². The number of carbonyl (C=O) groups excluding carboxylic acids is 1.